The second-order valence-corrected chi connectivity index (χ2v) is 7.75. The smallest absolute Gasteiger partial charge is 0.312 e. The van der Waals surface area contributed by atoms with Crippen molar-refractivity contribution >= 4 is 23.5 Å². The van der Waals surface area contributed by atoms with Gasteiger partial charge in [-0.15, -0.1) is 0 Å². The average Bonchev–Trinajstić information content (AvgIpc) is 3.45. The molecule has 6 nitrogen and oxygen atoms in total. The lowest BCUT2D eigenvalue weighted by molar-refractivity contribution is -0.160. The molecule has 1 N–H and O–H groups in total. The summed E-state index contributed by atoms with van der Waals surface area (Å²) in [6, 6.07) is 16.8. The molecule has 0 spiro atoms. The minimum atomic E-state index is -1.01. The van der Waals surface area contributed by atoms with Crippen LogP contribution in [0.1, 0.15) is 36.5 Å². The standard InChI is InChI=1S/C23H24N2O4/c1-15-7-11-19(12-8-15)25-14-17(13-20(25)26)23(28)29-21(16-5-3-2-4-6-16)22(27)24-18-9-10-18/h2-8,11-12,17-18,21H,9-10,13-14H2,1H3,(H,24,27)/t17-,21-/m0/s1. The molecule has 1 aliphatic heterocycles. The van der Waals surface area contributed by atoms with Crippen molar-refractivity contribution in [3.05, 3.63) is 65.7 Å². The number of amides is 2. The molecule has 0 bridgehead atoms. The quantitative estimate of drug-likeness (QED) is 0.767. The number of esters is 1. The van der Waals surface area contributed by atoms with Crippen molar-refractivity contribution in [3.63, 3.8) is 0 Å². The zero-order valence-electron chi connectivity index (χ0n) is 16.3. The molecule has 1 heterocycles. The number of carbonyl (C=O) groups excluding carboxylic acids is 3. The maximum Gasteiger partial charge on any atom is 0.312 e. The molecule has 1 saturated heterocycles. The van der Waals surface area contributed by atoms with E-state index in [1.165, 1.54) is 0 Å². The van der Waals surface area contributed by atoms with E-state index >= 15 is 0 Å². The number of hydrogen-bond acceptors (Lipinski definition) is 4. The van der Waals surface area contributed by atoms with Gasteiger partial charge in [-0.3, -0.25) is 14.4 Å². The van der Waals surface area contributed by atoms with Crippen LogP contribution < -0.4 is 10.2 Å². The molecule has 2 aliphatic rings. The number of nitrogens with zero attached hydrogens (tertiary/aromatic N) is 1. The number of ether oxygens (including phenoxy) is 1. The summed E-state index contributed by atoms with van der Waals surface area (Å²) in [4.78, 5) is 39.6. The number of nitrogens with one attached hydrogen (secondary N) is 1. The first-order chi connectivity index (χ1) is 14.0. The van der Waals surface area contributed by atoms with Gasteiger partial charge < -0.3 is 15.0 Å². The van der Waals surface area contributed by atoms with E-state index in [-0.39, 0.29) is 30.8 Å². The molecule has 2 fully saturated rings. The van der Waals surface area contributed by atoms with Crippen LogP contribution in [-0.2, 0) is 19.1 Å². The Hall–Kier alpha value is -3.15. The minimum Gasteiger partial charge on any atom is -0.447 e. The summed E-state index contributed by atoms with van der Waals surface area (Å²) in [5.74, 6) is -1.54. The van der Waals surface area contributed by atoms with Crippen molar-refractivity contribution in [3.8, 4) is 0 Å². The third kappa shape index (κ3) is 4.47. The van der Waals surface area contributed by atoms with Gasteiger partial charge in [0.1, 0.15) is 0 Å². The molecule has 0 unspecified atom stereocenters. The van der Waals surface area contributed by atoms with E-state index in [4.69, 9.17) is 4.74 Å². The molecule has 4 rings (SSSR count). The predicted octanol–water partition coefficient (Wildman–Crippen LogP) is 2.91. The van der Waals surface area contributed by atoms with Gasteiger partial charge in [-0.2, -0.15) is 0 Å². The molecule has 1 saturated carbocycles. The highest BCUT2D eigenvalue weighted by Gasteiger charge is 2.39. The van der Waals surface area contributed by atoms with Crippen LogP contribution in [0.3, 0.4) is 0 Å². The van der Waals surface area contributed by atoms with Gasteiger partial charge in [0.2, 0.25) is 12.0 Å². The Morgan fingerprint density at radius 1 is 1.07 bits per heavy atom. The molecule has 2 atom stereocenters. The van der Waals surface area contributed by atoms with Crippen LogP contribution in [0.2, 0.25) is 0 Å². The summed E-state index contributed by atoms with van der Waals surface area (Å²) in [6.07, 6.45) is 0.972. The Bertz CT molecular complexity index is 906. The Labute approximate surface area is 169 Å². The molecule has 29 heavy (non-hydrogen) atoms. The van der Waals surface area contributed by atoms with Crippen LogP contribution in [0.5, 0.6) is 0 Å². The number of hydrogen-bond donors (Lipinski definition) is 1. The number of benzene rings is 2. The van der Waals surface area contributed by atoms with E-state index in [0.717, 1.165) is 24.1 Å². The number of aryl methyl sites for hydroxylation is 1. The molecule has 2 aromatic carbocycles. The van der Waals surface area contributed by atoms with Gasteiger partial charge in [0.15, 0.2) is 0 Å². The largest absolute Gasteiger partial charge is 0.447 e. The fourth-order valence-corrected chi connectivity index (χ4v) is 3.46. The summed E-state index contributed by atoms with van der Waals surface area (Å²) in [6.45, 7) is 2.23. The van der Waals surface area contributed by atoms with Crippen molar-refractivity contribution in [1.82, 2.24) is 5.32 Å². The lowest BCUT2D eigenvalue weighted by atomic mass is 10.1. The molecule has 150 valence electrons. The second kappa shape index (κ2) is 8.07. The second-order valence-electron chi connectivity index (χ2n) is 7.75. The van der Waals surface area contributed by atoms with Crippen LogP contribution in [0.25, 0.3) is 0 Å². The third-order valence-corrected chi connectivity index (χ3v) is 5.30. The zero-order valence-corrected chi connectivity index (χ0v) is 16.3. The molecule has 6 heteroatoms. The van der Waals surface area contributed by atoms with Crippen molar-refractivity contribution < 1.29 is 19.1 Å². The third-order valence-electron chi connectivity index (χ3n) is 5.30. The fourth-order valence-electron chi connectivity index (χ4n) is 3.46. The highest BCUT2D eigenvalue weighted by atomic mass is 16.5. The summed E-state index contributed by atoms with van der Waals surface area (Å²) >= 11 is 0. The molecular weight excluding hydrogens is 368 g/mol. The number of anilines is 1. The molecule has 0 aromatic heterocycles. The van der Waals surface area contributed by atoms with E-state index in [0.29, 0.717) is 5.56 Å². The van der Waals surface area contributed by atoms with E-state index in [1.807, 2.05) is 37.3 Å². The minimum absolute atomic E-state index is 0.0818. The van der Waals surface area contributed by atoms with Crippen molar-refractivity contribution in [2.24, 2.45) is 5.92 Å². The Balaban J connectivity index is 1.46. The van der Waals surface area contributed by atoms with Crippen molar-refractivity contribution in [2.45, 2.75) is 38.3 Å². The molecule has 2 amide bonds. The van der Waals surface area contributed by atoms with Crippen molar-refractivity contribution in [2.75, 3.05) is 11.4 Å². The van der Waals surface area contributed by atoms with E-state index < -0.39 is 18.0 Å². The zero-order chi connectivity index (χ0) is 20.4. The monoisotopic (exact) mass is 392 g/mol. The highest BCUT2D eigenvalue weighted by Crippen LogP contribution is 2.29. The summed E-state index contributed by atoms with van der Waals surface area (Å²) in [5, 5.41) is 2.90. The maximum absolute atomic E-state index is 12.8. The van der Waals surface area contributed by atoms with E-state index in [2.05, 4.69) is 5.32 Å². The normalized spacial score (nSPS) is 19.7. The molecular formula is C23H24N2O4. The van der Waals surface area contributed by atoms with E-state index in [1.54, 1.807) is 29.2 Å². The first-order valence-corrected chi connectivity index (χ1v) is 9.94. The topological polar surface area (TPSA) is 75.7 Å². The first-order valence-electron chi connectivity index (χ1n) is 9.94. The molecule has 2 aromatic rings. The number of rotatable bonds is 6. The summed E-state index contributed by atoms with van der Waals surface area (Å²) < 4.78 is 5.63. The Kier molecular flexibility index (Phi) is 5.34. The SMILES string of the molecule is Cc1ccc(N2C[C@@H](C(=O)O[C@H](C(=O)NC3CC3)c3ccccc3)CC2=O)cc1. The maximum atomic E-state index is 12.8. The lowest BCUT2D eigenvalue weighted by Gasteiger charge is -2.20. The van der Waals surface area contributed by atoms with Crippen LogP contribution in [0.4, 0.5) is 5.69 Å². The predicted molar refractivity (Wildman–Crippen MR) is 108 cm³/mol. The van der Waals surface area contributed by atoms with Crippen LogP contribution in [0, 0.1) is 12.8 Å². The molecule has 1 aliphatic carbocycles. The first kappa shape index (κ1) is 19.2. The number of carbonyl (C=O) groups is 3. The van der Waals surface area contributed by atoms with Gasteiger partial charge in [0.25, 0.3) is 5.91 Å². The van der Waals surface area contributed by atoms with Crippen LogP contribution in [0.15, 0.2) is 54.6 Å². The fraction of sp³-hybridized carbons (Fsp3) is 0.348. The van der Waals surface area contributed by atoms with Gasteiger partial charge in [0.05, 0.1) is 5.92 Å². The summed E-state index contributed by atoms with van der Waals surface area (Å²) in [7, 11) is 0. The summed E-state index contributed by atoms with van der Waals surface area (Å²) in [5.41, 5.74) is 2.49. The van der Waals surface area contributed by atoms with Gasteiger partial charge >= 0.3 is 5.97 Å². The average molecular weight is 392 g/mol. The van der Waals surface area contributed by atoms with E-state index in [9.17, 15) is 14.4 Å². The van der Waals surface area contributed by atoms with Gasteiger partial charge in [-0.25, -0.2) is 0 Å². The van der Waals surface area contributed by atoms with Crippen LogP contribution >= 0.6 is 0 Å². The molecule has 0 radical (unpaired) electrons. The lowest BCUT2D eigenvalue weighted by Crippen LogP contribution is -2.35. The van der Waals surface area contributed by atoms with Gasteiger partial charge in [0, 0.05) is 30.3 Å². The highest BCUT2D eigenvalue weighted by molar-refractivity contribution is 5.99. The van der Waals surface area contributed by atoms with Gasteiger partial charge in [-0.1, -0.05) is 48.0 Å². The van der Waals surface area contributed by atoms with Crippen molar-refractivity contribution in [1.29, 1.82) is 0 Å². The Morgan fingerprint density at radius 2 is 1.76 bits per heavy atom. The van der Waals surface area contributed by atoms with Gasteiger partial charge in [-0.05, 0) is 31.9 Å². The van der Waals surface area contributed by atoms with Crippen LogP contribution in [-0.4, -0.2) is 30.4 Å². The Morgan fingerprint density at radius 3 is 2.41 bits per heavy atom.